The third kappa shape index (κ3) is 3.95. The molecule has 0 aromatic heterocycles. The second-order valence-corrected chi connectivity index (χ2v) is 6.21. The molecule has 0 aliphatic rings. The van der Waals surface area contributed by atoms with E-state index in [1.807, 2.05) is 0 Å². The summed E-state index contributed by atoms with van der Waals surface area (Å²) in [5.74, 6) is -0.305. The predicted molar refractivity (Wildman–Crippen MR) is 66.0 cm³/mol. The van der Waals surface area contributed by atoms with Crippen molar-refractivity contribution in [1.82, 2.24) is 4.72 Å². The lowest BCUT2D eigenvalue weighted by molar-refractivity contribution is -0.137. The van der Waals surface area contributed by atoms with E-state index in [1.165, 1.54) is 0 Å². The maximum absolute atomic E-state index is 12.5. The van der Waals surface area contributed by atoms with Crippen LogP contribution in [0, 0.1) is 17.2 Å². The minimum absolute atomic E-state index is 0.305. The average Bonchev–Trinajstić information content (AvgIpc) is 2.35. The number of benzene rings is 1. The molecule has 0 amide bonds. The van der Waals surface area contributed by atoms with Crippen molar-refractivity contribution in [3.8, 4) is 6.07 Å². The van der Waals surface area contributed by atoms with Crippen LogP contribution in [-0.2, 0) is 16.2 Å². The van der Waals surface area contributed by atoms with Crippen LogP contribution in [0.25, 0.3) is 0 Å². The van der Waals surface area contributed by atoms with E-state index in [1.54, 1.807) is 19.9 Å². The van der Waals surface area contributed by atoms with E-state index in [4.69, 9.17) is 5.26 Å². The summed E-state index contributed by atoms with van der Waals surface area (Å²) in [4.78, 5) is -0.520. The molecule has 0 aliphatic heterocycles. The molecule has 1 atom stereocenters. The van der Waals surface area contributed by atoms with Gasteiger partial charge in [-0.15, -0.1) is 0 Å². The Morgan fingerprint density at radius 2 is 1.90 bits per heavy atom. The fourth-order valence-corrected chi connectivity index (χ4v) is 2.72. The van der Waals surface area contributed by atoms with Crippen molar-refractivity contribution in [2.75, 3.05) is 0 Å². The van der Waals surface area contributed by atoms with Crippen molar-refractivity contribution in [3.63, 3.8) is 0 Å². The summed E-state index contributed by atoms with van der Waals surface area (Å²) < 4.78 is 63.6. The monoisotopic (exact) mass is 306 g/mol. The molecule has 0 spiro atoms. The molecule has 0 saturated heterocycles. The summed E-state index contributed by atoms with van der Waals surface area (Å²) in [5, 5.41) is 8.83. The highest BCUT2D eigenvalue weighted by Gasteiger charge is 2.32. The minimum atomic E-state index is -4.63. The van der Waals surface area contributed by atoms with Gasteiger partial charge in [0.25, 0.3) is 0 Å². The second-order valence-electron chi connectivity index (χ2n) is 4.50. The Kier molecular flexibility index (Phi) is 4.78. The van der Waals surface area contributed by atoms with Crippen LogP contribution in [0.5, 0.6) is 0 Å². The zero-order valence-corrected chi connectivity index (χ0v) is 11.6. The Balaban J connectivity index is 3.14. The largest absolute Gasteiger partial charge is 0.416 e. The molecule has 1 aromatic rings. The van der Waals surface area contributed by atoms with Crippen LogP contribution < -0.4 is 4.72 Å². The van der Waals surface area contributed by atoms with Crippen molar-refractivity contribution in [2.45, 2.75) is 31.0 Å². The van der Waals surface area contributed by atoms with Gasteiger partial charge < -0.3 is 0 Å². The molecule has 8 heteroatoms. The summed E-state index contributed by atoms with van der Waals surface area (Å²) in [6.45, 7) is 3.26. The van der Waals surface area contributed by atoms with E-state index in [0.29, 0.717) is 6.07 Å². The Bertz CT molecular complexity index is 618. The van der Waals surface area contributed by atoms with E-state index in [2.05, 4.69) is 4.72 Å². The number of hydrogen-bond donors (Lipinski definition) is 1. The first-order valence-corrected chi connectivity index (χ1v) is 7.15. The lowest BCUT2D eigenvalue weighted by Gasteiger charge is -2.16. The predicted octanol–water partition coefficient (Wildman–Crippen LogP) is 2.53. The van der Waals surface area contributed by atoms with E-state index in [9.17, 15) is 21.6 Å². The lowest BCUT2D eigenvalue weighted by atomic mass is 10.1. The molecule has 1 N–H and O–H groups in total. The van der Waals surface area contributed by atoms with Gasteiger partial charge in [-0.25, -0.2) is 8.42 Å². The van der Waals surface area contributed by atoms with Gasteiger partial charge in [0.05, 0.1) is 16.5 Å². The van der Waals surface area contributed by atoms with Crippen LogP contribution >= 0.6 is 0 Å². The van der Waals surface area contributed by atoms with Crippen LogP contribution in [0.2, 0.25) is 0 Å². The van der Waals surface area contributed by atoms with E-state index in [0.717, 1.165) is 18.2 Å². The van der Waals surface area contributed by atoms with Crippen molar-refractivity contribution in [2.24, 2.45) is 5.92 Å². The number of hydrogen-bond acceptors (Lipinski definition) is 3. The molecular weight excluding hydrogens is 293 g/mol. The summed E-state index contributed by atoms with van der Waals surface area (Å²) in [6.07, 6.45) is -4.63. The molecule has 1 unspecified atom stereocenters. The summed E-state index contributed by atoms with van der Waals surface area (Å²) in [6, 6.07) is 4.13. The van der Waals surface area contributed by atoms with Crippen LogP contribution in [0.3, 0.4) is 0 Å². The molecule has 0 bridgehead atoms. The number of alkyl halides is 3. The van der Waals surface area contributed by atoms with Gasteiger partial charge in [-0.05, 0) is 24.1 Å². The highest BCUT2D eigenvalue weighted by atomic mass is 32.2. The standard InChI is InChI=1S/C12H13F3N2O2S/c1-8(2)11(7-16)17-20(18,19)10-5-3-4-9(6-10)12(13,14)15/h3-6,8,11,17H,1-2H3. The van der Waals surface area contributed by atoms with E-state index < -0.39 is 32.7 Å². The third-order valence-electron chi connectivity index (χ3n) is 2.56. The number of sulfonamides is 1. The summed E-state index contributed by atoms with van der Waals surface area (Å²) in [5.41, 5.74) is -1.06. The molecule has 4 nitrogen and oxygen atoms in total. The topological polar surface area (TPSA) is 70.0 Å². The molecule has 20 heavy (non-hydrogen) atoms. The van der Waals surface area contributed by atoms with Gasteiger partial charge in [-0.2, -0.15) is 23.2 Å². The van der Waals surface area contributed by atoms with Gasteiger partial charge >= 0.3 is 6.18 Å². The molecule has 0 heterocycles. The van der Waals surface area contributed by atoms with Crippen LogP contribution in [0.4, 0.5) is 13.2 Å². The molecule has 0 saturated carbocycles. The Hall–Kier alpha value is -1.59. The van der Waals surface area contributed by atoms with Crippen molar-refractivity contribution >= 4 is 10.0 Å². The number of rotatable bonds is 4. The first-order chi connectivity index (χ1) is 9.08. The van der Waals surface area contributed by atoms with Crippen LogP contribution in [0.1, 0.15) is 19.4 Å². The number of nitriles is 1. The molecule has 1 rings (SSSR count). The van der Waals surface area contributed by atoms with Gasteiger partial charge in [0.15, 0.2) is 0 Å². The molecule has 110 valence electrons. The first-order valence-electron chi connectivity index (χ1n) is 5.67. The van der Waals surface area contributed by atoms with E-state index in [-0.39, 0.29) is 5.92 Å². The molecule has 1 aromatic carbocycles. The fraction of sp³-hybridized carbons (Fsp3) is 0.417. The van der Waals surface area contributed by atoms with Gasteiger partial charge in [0, 0.05) is 0 Å². The Morgan fingerprint density at radius 1 is 1.30 bits per heavy atom. The summed E-state index contributed by atoms with van der Waals surface area (Å²) in [7, 11) is -4.17. The average molecular weight is 306 g/mol. The number of nitrogens with zero attached hydrogens (tertiary/aromatic N) is 1. The quantitative estimate of drug-likeness (QED) is 0.929. The number of halogens is 3. The third-order valence-corrected chi connectivity index (χ3v) is 4.00. The lowest BCUT2D eigenvalue weighted by Crippen LogP contribution is -2.37. The zero-order valence-electron chi connectivity index (χ0n) is 10.8. The summed E-state index contributed by atoms with van der Waals surface area (Å²) >= 11 is 0. The first kappa shape index (κ1) is 16.5. The van der Waals surface area contributed by atoms with Gasteiger partial charge in [0.1, 0.15) is 6.04 Å². The molecule has 0 aliphatic carbocycles. The maximum Gasteiger partial charge on any atom is 0.416 e. The van der Waals surface area contributed by atoms with E-state index >= 15 is 0 Å². The molecular formula is C12H13F3N2O2S. The highest BCUT2D eigenvalue weighted by Crippen LogP contribution is 2.30. The van der Waals surface area contributed by atoms with Gasteiger partial charge in [-0.3, -0.25) is 0 Å². The molecule has 0 radical (unpaired) electrons. The van der Waals surface area contributed by atoms with Crippen LogP contribution in [0.15, 0.2) is 29.2 Å². The minimum Gasteiger partial charge on any atom is -0.207 e. The van der Waals surface area contributed by atoms with Crippen molar-refractivity contribution < 1.29 is 21.6 Å². The maximum atomic E-state index is 12.5. The van der Waals surface area contributed by atoms with Gasteiger partial charge in [0.2, 0.25) is 10.0 Å². The normalized spacial score (nSPS) is 14.1. The van der Waals surface area contributed by atoms with Gasteiger partial charge in [-0.1, -0.05) is 19.9 Å². The second kappa shape index (κ2) is 5.81. The van der Waals surface area contributed by atoms with Crippen molar-refractivity contribution in [1.29, 1.82) is 5.26 Å². The zero-order chi connectivity index (χ0) is 15.6. The smallest absolute Gasteiger partial charge is 0.207 e. The highest BCUT2D eigenvalue weighted by molar-refractivity contribution is 7.89. The van der Waals surface area contributed by atoms with Crippen molar-refractivity contribution in [3.05, 3.63) is 29.8 Å². The SMILES string of the molecule is CC(C)C(C#N)NS(=O)(=O)c1cccc(C(F)(F)F)c1. The fourth-order valence-electron chi connectivity index (χ4n) is 1.39. The Morgan fingerprint density at radius 3 is 2.35 bits per heavy atom. The van der Waals surface area contributed by atoms with Crippen LogP contribution in [-0.4, -0.2) is 14.5 Å². The number of nitrogens with one attached hydrogen (secondary N) is 1. The Labute approximate surface area is 115 Å². The molecule has 0 fully saturated rings.